The van der Waals surface area contributed by atoms with Gasteiger partial charge in [-0.05, 0) is 0 Å². The van der Waals surface area contributed by atoms with Gasteiger partial charge in [0.2, 0.25) is 0 Å². The third kappa shape index (κ3) is 2.22. The summed E-state index contributed by atoms with van der Waals surface area (Å²) in [6, 6.07) is 0. The third-order valence-corrected chi connectivity index (χ3v) is 5.60. The first-order valence-corrected chi connectivity index (χ1v) is 6.05. The van der Waals surface area contributed by atoms with Crippen molar-refractivity contribution in [2.45, 2.75) is 27.6 Å². The third-order valence-electron chi connectivity index (χ3n) is 1.20. The van der Waals surface area contributed by atoms with Crippen LogP contribution in [0.1, 0.15) is 12.8 Å². The van der Waals surface area contributed by atoms with Crippen molar-refractivity contribution < 1.29 is 0 Å². The Hall–Kier alpha value is 1.22. The Labute approximate surface area is 67.8 Å². The molecule has 1 heterocycles. The predicted octanol–water partition coefficient (Wildman–Crippen LogP) is 1.88. The van der Waals surface area contributed by atoms with E-state index in [1.54, 1.807) is 0 Å². The van der Waals surface area contributed by atoms with Gasteiger partial charge in [-0.1, -0.05) is 0 Å². The summed E-state index contributed by atoms with van der Waals surface area (Å²) >= 11 is 9.63. The van der Waals surface area contributed by atoms with Gasteiger partial charge in [0.15, 0.2) is 0 Å². The van der Waals surface area contributed by atoms with E-state index < -0.39 is 0 Å². The van der Waals surface area contributed by atoms with Gasteiger partial charge in [-0.15, -0.1) is 0 Å². The number of hydrogen-bond acceptors (Lipinski definition) is 2. The molecule has 0 radical (unpaired) electrons. The molecule has 0 aromatic rings. The molecule has 0 saturated carbocycles. The van der Waals surface area contributed by atoms with Crippen molar-refractivity contribution in [2.24, 2.45) is 0 Å². The average molecular weight is 213 g/mol. The molecule has 0 unspecified atom stereocenters. The van der Waals surface area contributed by atoms with E-state index in [2.05, 4.69) is 25.3 Å². The molecule has 1 aliphatic heterocycles. The standard InChI is InChI=1S/C5H10S2Se/c6-5(7)2-1-3-8-4-5/h6-7H,1-4H2. The van der Waals surface area contributed by atoms with E-state index in [0.717, 1.165) is 15.0 Å². The molecule has 48 valence electrons. The maximum atomic E-state index is 4.40. The molecule has 0 aromatic heterocycles. The molecule has 0 nitrogen and oxygen atoms in total. The first-order chi connectivity index (χ1) is 3.71. The van der Waals surface area contributed by atoms with Gasteiger partial charge in [0.05, 0.1) is 0 Å². The molecule has 0 atom stereocenters. The summed E-state index contributed by atoms with van der Waals surface area (Å²) in [6.45, 7) is 0. The molecular formula is C5H10S2Se. The van der Waals surface area contributed by atoms with Gasteiger partial charge in [-0.3, -0.25) is 0 Å². The molecule has 3 heteroatoms. The van der Waals surface area contributed by atoms with E-state index in [1.165, 1.54) is 23.5 Å². The van der Waals surface area contributed by atoms with E-state index in [0.29, 0.717) is 0 Å². The summed E-state index contributed by atoms with van der Waals surface area (Å²) in [5, 5.41) is 2.68. The van der Waals surface area contributed by atoms with Gasteiger partial charge >= 0.3 is 67.8 Å². The van der Waals surface area contributed by atoms with Gasteiger partial charge in [-0.2, -0.15) is 0 Å². The van der Waals surface area contributed by atoms with Gasteiger partial charge in [0.25, 0.3) is 0 Å². The summed E-state index contributed by atoms with van der Waals surface area (Å²) in [5.74, 6) is 0. The molecule has 1 fully saturated rings. The van der Waals surface area contributed by atoms with Crippen LogP contribution in [-0.4, -0.2) is 19.0 Å². The Kier molecular flexibility index (Phi) is 2.63. The Balaban J connectivity index is 2.33. The second-order valence-electron chi connectivity index (χ2n) is 2.14. The Bertz CT molecular complexity index is 74.5. The number of hydrogen-bond donors (Lipinski definition) is 2. The molecule has 8 heavy (non-hydrogen) atoms. The number of rotatable bonds is 0. The molecule has 0 amide bonds. The fraction of sp³-hybridized carbons (Fsp3) is 1.00. The SMILES string of the molecule is SC1(S)CCC[Se]C1. The van der Waals surface area contributed by atoms with Crippen molar-refractivity contribution in [2.75, 3.05) is 0 Å². The van der Waals surface area contributed by atoms with Crippen LogP contribution >= 0.6 is 25.3 Å². The van der Waals surface area contributed by atoms with Crippen LogP contribution in [0, 0.1) is 0 Å². The Morgan fingerprint density at radius 1 is 1.38 bits per heavy atom. The fourth-order valence-electron chi connectivity index (χ4n) is 0.765. The second kappa shape index (κ2) is 2.87. The van der Waals surface area contributed by atoms with Gasteiger partial charge in [0.1, 0.15) is 0 Å². The Morgan fingerprint density at radius 2 is 2.12 bits per heavy atom. The van der Waals surface area contributed by atoms with E-state index >= 15 is 0 Å². The molecule has 0 N–H and O–H groups in total. The molecule has 0 aliphatic carbocycles. The van der Waals surface area contributed by atoms with Crippen LogP contribution in [-0.2, 0) is 0 Å². The molecule has 1 rings (SSSR count). The zero-order valence-corrected chi connectivity index (χ0v) is 8.13. The summed E-state index contributed by atoms with van der Waals surface area (Å²) in [7, 11) is 0. The second-order valence-corrected chi connectivity index (χ2v) is 6.52. The van der Waals surface area contributed by atoms with Gasteiger partial charge in [-0.25, -0.2) is 0 Å². The molecule has 1 aliphatic rings. The fourth-order valence-corrected chi connectivity index (χ4v) is 4.05. The van der Waals surface area contributed by atoms with Crippen molar-refractivity contribution in [1.82, 2.24) is 0 Å². The van der Waals surface area contributed by atoms with Gasteiger partial charge < -0.3 is 0 Å². The van der Waals surface area contributed by atoms with E-state index in [4.69, 9.17) is 0 Å². The normalized spacial score (nSPS) is 27.8. The molecule has 0 spiro atoms. The van der Waals surface area contributed by atoms with Crippen molar-refractivity contribution in [3.63, 3.8) is 0 Å². The van der Waals surface area contributed by atoms with E-state index in [-0.39, 0.29) is 4.08 Å². The van der Waals surface area contributed by atoms with Crippen LogP contribution in [0.2, 0.25) is 10.6 Å². The topological polar surface area (TPSA) is 0 Å². The molecule has 1 saturated heterocycles. The predicted molar refractivity (Wildman–Crippen MR) is 45.3 cm³/mol. The average Bonchev–Trinajstić information content (AvgIpc) is 1.65. The van der Waals surface area contributed by atoms with Crippen LogP contribution in [0.15, 0.2) is 0 Å². The Morgan fingerprint density at radius 3 is 2.38 bits per heavy atom. The summed E-state index contributed by atoms with van der Waals surface area (Å²) in [6.07, 6.45) is 2.54. The monoisotopic (exact) mass is 214 g/mol. The van der Waals surface area contributed by atoms with Crippen molar-refractivity contribution in [1.29, 1.82) is 0 Å². The minimum absolute atomic E-state index is 0.0955. The number of thiol groups is 2. The van der Waals surface area contributed by atoms with Crippen LogP contribution < -0.4 is 0 Å². The summed E-state index contributed by atoms with van der Waals surface area (Å²) < 4.78 is 0.0955. The molecule has 0 bridgehead atoms. The zero-order chi connectivity index (χ0) is 6.04. The first-order valence-electron chi connectivity index (χ1n) is 2.73. The summed E-state index contributed by atoms with van der Waals surface area (Å²) in [5.41, 5.74) is 0. The minimum atomic E-state index is 0.0955. The van der Waals surface area contributed by atoms with Gasteiger partial charge in [0, 0.05) is 0 Å². The summed E-state index contributed by atoms with van der Waals surface area (Å²) in [4.78, 5) is 0. The first kappa shape index (κ1) is 7.33. The van der Waals surface area contributed by atoms with Crippen molar-refractivity contribution >= 4 is 40.2 Å². The van der Waals surface area contributed by atoms with Crippen molar-refractivity contribution in [3.8, 4) is 0 Å². The van der Waals surface area contributed by atoms with Crippen LogP contribution in [0.4, 0.5) is 0 Å². The van der Waals surface area contributed by atoms with E-state index in [1.807, 2.05) is 0 Å². The molecular weight excluding hydrogens is 203 g/mol. The van der Waals surface area contributed by atoms with E-state index in [9.17, 15) is 0 Å². The van der Waals surface area contributed by atoms with Crippen LogP contribution in [0.3, 0.4) is 0 Å². The maximum absolute atomic E-state index is 4.40. The van der Waals surface area contributed by atoms with Crippen molar-refractivity contribution in [3.05, 3.63) is 0 Å². The zero-order valence-electron chi connectivity index (χ0n) is 4.63. The molecule has 0 aromatic carbocycles. The quantitative estimate of drug-likeness (QED) is 0.342. The van der Waals surface area contributed by atoms with Crippen LogP contribution in [0.5, 0.6) is 0 Å². The van der Waals surface area contributed by atoms with Crippen LogP contribution in [0.25, 0.3) is 0 Å².